The van der Waals surface area contributed by atoms with Crippen molar-refractivity contribution in [2.24, 2.45) is 0 Å². The zero-order chi connectivity index (χ0) is 14.1. The number of hydrogen-bond donors (Lipinski definition) is 0. The van der Waals surface area contributed by atoms with Gasteiger partial charge >= 0.3 is 0 Å². The van der Waals surface area contributed by atoms with E-state index in [2.05, 4.69) is 19.1 Å². The fourth-order valence-corrected chi connectivity index (χ4v) is 1.87. The van der Waals surface area contributed by atoms with E-state index in [1.165, 1.54) is 5.56 Å². The third kappa shape index (κ3) is 6.27. The summed E-state index contributed by atoms with van der Waals surface area (Å²) >= 11 is 0. The number of carbonyl (C=O) groups is 1. The number of hydrogen-bond acceptors (Lipinski definition) is 2. The van der Waals surface area contributed by atoms with E-state index >= 15 is 0 Å². The van der Waals surface area contributed by atoms with Crippen LogP contribution in [0.1, 0.15) is 38.2 Å². The number of nitrogens with zero attached hydrogens (tertiary/aromatic N) is 1. The summed E-state index contributed by atoms with van der Waals surface area (Å²) < 4.78 is 5.71. The van der Waals surface area contributed by atoms with Gasteiger partial charge in [-0.1, -0.05) is 25.5 Å². The van der Waals surface area contributed by atoms with E-state index < -0.39 is 0 Å². The van der Waals surface area contributed by atoms with Gasteiger partial charge in [0.1, 0.15) is 5.75 Å². The molecule has 1 aromatic carbocycles. The zero-order valence-corrected chi connectivity index (χ0v) is 12.3. The first-order valence-corrected chi connectivity index (χ1v) is 7.05. The maximum Gasteiger partial charge on any atom is 0.222 e. The molecule has 0 atom stereocenters. The van der Waals surface area contributed by atoms with Crippen molar-refractivity contribution in [3.05, 3.63) is 29.8 Å². The number of benzene rings is 1. The van der Waals surface area contributed by atoms with Crippen LogP contribution in [0.2, 0.25) is 0 Å². The third-order valence-corrected chi connectivity index (χ3v) is 2.99. The third-order valence-electron chi connectivity index (χ3n) is 2.99. The Hall–Kier alpha value is -1.51. The molecule has 3 heteroatoms. The van der Waals surface area contributed by atoms with Gasteiger partial charge in [0.2, 0.25) is 5.91 Å². The van der Waals surface area contributed by atoms with Crippen molar-refractivity contribution >= 4 is 5.91 Å². The van der Waals surface area contributed by atoms with Crippen LogP contribution in [0.5, 0.6) is 5.75 Å². The van der Waals surface area contributed by atoms with E-state index in [9.17, 15) is 4.79 Å². The average Bonchev–Trinajstić information content (AvgIpc) is 2.39. The minimum Gasteiger partial charge on any atom is -0.494 e. The predicted molar refractivity (Wildman–Crippen MR) is 78.5 cm³/mol. The minimum atomic E-state index is 0.185. The first kappa shape index (κ1) is 15.5. The van der Waals surface area contributed by atoms with Crippen molar-refractivity contribution in [3.63, 3.8) is 0 Å². The average molecular weight is 263 g/mol. The standard InChI is InChI=1S/C16H25NO2/c1-4-8-14-9-7-10-15(13-14)19-12-6-5-11-16(18)17(2)3/h7,9-10,13H,4-6,8,11-12H2,1-3H3. The van der Waals surface area contributed by atoms with Crippen LogP contribution in [0.3, 0.4) is 0 Å². The van der Waals surface area contributed by atoms with Crippen molar-refractivity contribution in [1.82, 2.24) is 4.90 Å². The molecule has 0 aliphatic carbocycles. The molecule has 0 aliphatic rings. The molecule has 0 saturated heterocycles. The van der Waals surface area contributed by atoms with Gasteiger partial charge in [0.15, 0.2) is 0 Å². The summed E-state index contributed by atoms with van der Waals surface area (Å²) in [6, 6.07) is 8.26. The molecule has 0 aliphatic heterocycles. The second-order valence-electron chi connectivity index (χ2n) is 4.99. The monoisotopic (exact) mass is 263 g/mol. The lowest BCUT2D eigenvalue weighted by Crippen LogP contribution is -2.21. The maximum atomic E-state index is 11.4. The van der Waals surface area contributed by atoms with Gasteiger partial charge in [-0.25, -0.2) is 0 Å². The largest absolute Gasteiger partial charge is 0.494 e. The quantitative estimate of drug-likeness (QED) is 0.674. The second kappa shape index (κ2) is 8.57. The molecule has 19 heavy (non-hydrogen) atoms. The topological polar surface area (TPSA) is 29.5 Å². The summed E-state index contributed by atoms with van der Waals surface area (Å²) in [5.41, 5.74) is 1.32. The normalized spacial score (nSPS) is 10.3. The molecule has 106 valence electrons. The lowest BCUT2D eigenvalue weighted by molar-refractivity contribution is -0.128. The number of aryl methyl sites for hydroxylation is 1. The fraction of sp³-hybridized carbons (Fsp3) is 0.562. The maximum absolute atomic E-state index is 11.4. The van der Waals surface area contributed by atoms with Gasteiger partial charge in [-0.3, -0.25) is 4.79 Å². The van der Waals surface area contributed by atoms with E-state index in [-0.39, 0.29) is 5.91 Å². The van der Waals surface area contributed by atoms with Gasteiger partial charge in [-0.2, -0.15) is 0 Å². The van der Waals surface area contributed by atoms with E-state index in [0.717, 1.165) is 31.4 Å². The van der Waals surface area contributed by atoms with Crippen LogP contribution in [-0.4, -0.2) is 31.5 Å². The number of ether oxygens (including phenoxy) is 1. The molecule has 0 radical (unpaired) electrons. The van der Waals surface area contributed by atoms with E-state index in [0.29, 0.717) is 13.0 Å². The molecule has 1 aromatic rings. The predicted octanol–water partition coefficient (Wildman–Crippen LogP) is 3.28. The van der Waals surface area contributed by atoms with Crippen LogP contribution in [0.25, 0.3) is 0 Å². The van der Waals surface area contributed by atoms with Crippen molar-refractivity contribution in [2.45, 2.75) is 39.0 Å². The Labute approximate surface area is 116 Å². The molecule has 0 spiro atoms. The van der Waals surface area contributed by atoms with Crippen LogP contribution >= 0.6 is 0 Å². The first-order chi connectivity index (χ1) is 9.13. The van der Waals surface area contributed by atoms with Gasteiger partial charge in [0, 0.05) is 20.5 Å². The Morgan fingerprint density at radius 3 is 2.74 bits per heavy atom. The molecule has 1 rings (SSSR count). The SMILES string of the molecule is CCCc1cccc(OCCCCC(=O)N(C)C)c1. The van der Waals surface area contributed by atoms with Crippen molar-refractivity contribution in [3.8, 4) is 5.75 Å². The highest BCUT2D eigenvalue weighted by Gasteiger charge is 2.03. The van der Waals surface area contributed by atoms with Gasteiger partial charge in [0.05, 0.1) is 6.61 Å². The number of carbonyl (C=O) groups excluding carboxylic acids is 1. The molecule has 0 fully saturated rings. The molecule has 0 unspecified atom stereocenters. The molecule has 0 N–H and O–H groups in total. The van der Waals surface area contributed by atoms with E-state index in [1.54, 1.807) is 19.0 Å². The highest BCUT2D eigenvalue weighted by molar-refractivity contribution is 5.75. The molecule has 1 amide bonds. The fourth-order valence-electron chi connectivity index (χ4n) is 1.87. The Bertz CT molecular complexity index is 388. The summed E-state index contributed by atoms with van der Waals surface area (Å²) in [5, 5.41) is 0. The number of unbranched alkanes of at least 4 members (excludes halogenated alkanes) is 1. The van der Waals surface area contributed by atoms with Gasteiger partial charge in [-0.15, -0.1) is 0 Å². The van der Waals surface area contributed by atoms with Gasteiger partial charge < -0.3 is 9.64 Å². The first-order valence-electron chi connectivity index (χ1n) is 7.05. The van der Waals surface area contributed by atoms with Crippen molar-refractivity contribution in [2.75, 3.05) is 20.7 Å². The van der Waals surface area contributed by atoms with E-state index in [4.69, 9.17) is 4.74 Å². The highest BCUT2D eigenvalue weighted by Crippen LogP contribution is 2.15. The van der Waals surface area contributed by atoms with Crippen molar-refractivity contribution in [1.29, 1.82) is 0 Å². The summed E-state index contributed by atoms with van der Waals surface area (Å²) in [4.78, 5) is 13.0. The van der Waals surface area contributed by atoms with Crippen LogP contribution in [0.15, 0.2) is 24.3 Å². The Morgan fingerprint density at radius 1 is 1.26 bits per heavy atom. The molecular weight excluding hydrogens is 238 g/mol. The van der Waals surface area contributed by atoms with Crippen LogP contribution in [0.4, 0.5) is 0 Å². The summed E-state index contributed by atoms with van der Waals surface area (Å²) in [5.74, 6) is 1.12. The summed E-state index contributed by atoms with van der Waals surface area (Å²) in [6.07, 6.45) is 4.64. The van der Waals surface area contributed by atoms with Crippen molar-refractivity contribution < 1.29 is 9.53 Å². The van der Waals surface area contributed by atoms with Crippen LogP contribution < -0.4 is 4.74 Å². The highest BCUT2D eigenvalue weighted by atomic mass is 16.5. The molecule has 0 saturated carbocycles. The minimum absolute atomic E-state index is 0.185. The zero-order valence-electron chi connectivity index (χ0n) is 12.3. The Kier molecular flexibility index (Phi) is 7.01. The molecular formula is C16H25NO2. The van der Waals surface area contributed by atoms with Crippen LogP contribution in [-0.2, 0) is 11.2 Å². The Morgan fingerprint density at radius 2 is 2.05 bits per heavy atom. The summed E-state index contributed by atoms with van der Waals surface area (Å²) in [6.45, 7) is 2.85. The molecule has 0 aromatic heterocycles. The Balaban J connectivity index is 2.22. The van der Waals surface area contributed by atoms with Gasteiger partial charge in [-0.05, 0) is 37.0 Å². The lowest BCUT2D eigenvalue weighted by Gasteiger charge is -2.10. The lowest BCUT2D eigenvalue weighted by atomic mass is 10.1. The number of rotatable bonds is 8. The molecule has 3 nitrogen and oxygen atoms in total. The molecule has 0 heterocycles. The summed E-state index contributed by atoms with van der Waals surface area (Å²) in [7, 11) is 3.58. The van der Waals surface area contributed by atoms with Crippen LogP contribution in [0, 0.1) is 0 Å². The number of amides is 1. The van der Waals surface area contributed by atoms with Gasteiger partial charge in [0.25, 0.3) is 0 Å². The molecule has 0 bridgehead atoms. The van der Waals surface area contributed by atoms with E-state index in [1.807, 2.05) is 12.1 Å². The smallest absolute Gasteiger partial charge is 0.222 e. The second-order valence-corrected chi connectivity index (χ2v) is 4.99.